The van der Waals surface area contributed by atoms with E-state index in [9.17, 15) is 5.11 Å². The van der Waals surface area contributed by atoms with Gasteiger partial charge in [0.1, 0.15) is 5.82 Å². The summed E-state index contributed by atoms with van der Waals surface area (Å²) in [7, 11) is 1.98. The van der Waals surface area contributed by atoms with Crippen molar-refractivity contribution in [3.63, 3.8) is 0 Å². The van der Waals surface area contributed by atoms with Crippen molar-refractivity contribution in [2.75, 3.05) is 11.5 Å². The molecule has 0 aromatic carbocycles. The number of aliphatic hydroxyl groups excluding tert-OH is 1. The molecule has 1 aliphatic rings. The maximum atomic E-state index is 10.0. The van der Waals surface area contributed by atoms with E-state index in [-0.39, 0.29) is 6.10 Å². The smallest absolute Gasteiger partial charge is 0.110 e. The van der Waals surface area contributed by atoms with E-state index in [0.717, 1.165) is 18.2 Å². The highest BCUT2D eigenvalue weighted by Crippen LogP contribution is 2.26. The predicted molar refractivity (Wildman–Crippen MR) is 67.6 cm³/mol. The number of nitrogens with zero attached hydrogens (tertiary/aromatic N) is 2. The number of aromatic nitrogens is 2. The van der Waals surface area contributed by atoms with Gasteiger partial charge in [0.25, 0.3) is 0 Å². The molecule has 0 saturated carbocycles. The molecule has 1 unspecified atom stereocenters. The van der Waals surface area contributed by atoms with Crippen LogP contribution in [0.15, 0.2) is 12.4 Å². The highest BCUT2D eigenvalue weighted by Gasteiger charge is 2.18. The molecule has 2 rings (SSSR count). The largest absolute Gasteiger partial charge is 0.393 e. The second-order valence-electron chi connectivity index (χ2n) is 4.60. The molecule has 16 heavy (non-hydrogen) atoms. The summed E-state index contributed by atoms with van der Waals surface area (Å²) in [6.07, 6.45) is 7.65. The lowest BCUT2D eigenvalue weighted by Crippen LogP contribution is -2.20. The fourth-order valence-electron chi connectivity index (χ4n) is 2.25. The van der Waals surface area contributed by atoms with Gasteiger partial charge in [-0.15, -0.1) is 0 Å². The molecule has 4 heteroatoms. The van der Waals surface area contributed by atoms with Crippen LogP contribution in [-0.4, -0.2) is 32.3 Å². The number of thioether (sulfide) groups is 1. The van der Waals surface area contributed by atoms with Gasteiger partial charge in [-0.25, -0.2) is 4.98 Å². The summed E-state index contributed by atoms with van der Waals surface area (Å²) in [4.78, 5) is 4.25. The Kier molecular flexibility index (Phi) is 4.29. The summed E-state index contributed by atoms with van der Waals surface area (Å²) in [5, 5.41) is 10.0. The molecule has 0 aliphatic carbocycles. The van der Waals surface area contributed by atoms with Crippen molar-refractivity contribution in [3.8, 4) is 0 Å². The Morgan fingerprint density at radius 1 is 1.56 bits per heavy atom. The maximum Gasteiger partial charge on any atom is 0.110 e. The SMILES string of the molecule is Cn1ccnc1CC(O)CC1CCSCC1. The number of hydrogen-bond acceptors (Lipinski definition) is 3. The highest BCUT2D eigenvalue weighted by atomic mass is 32.2. The van der Waals surface area contributed by atoms with Crippen LogP contribution < -0.4 is 0 Å². The number of imidazole rings is 1. The molecule has 0 spiro atoms. The summed E-state index contributed by atoms with van der Waals surface area (Å²) >= 11 is 2.04. The van der Waals surface area contributed by atoms with E-state index in [1.807, 2.05) is 29.6 Å². The quantitative estimate of drug-likeness (QED) is 0.873. The van der Waals surface area contributed by atoms with Crippen molar-refractivity contribution in [2.24, 2.45) is 13.0 Å². The van der Waals surface area contributed by atoms with Crippen LogP contribution in [0.25, 0.3) is 0 Å². The van der Waals surface area contributed by atoms with Crippen molar-refractivity contribution in [3.05, 3.63) is 18.2 Å². The van der Waals surface area contributed by atoms with E-state index >= 15 is 0 Å². The Balaban J connectivity index is 1.79. The molecule has 0 bridgehead atoms. The van der Waals surface area contributed by atoms with Gasteiger partial charge in [-0.1, -0.05) is 0 Å². The summed E-state index contributed by atoms with van der Waals surface area (Å²) < 4.78 is 1.99. The van der Waals surface area contributed by atoms with Crippen LogP contribution in [0.1, 0.15) is 25.1 Å². The topological polar surface area (TPSA) is 38.0 Å². The van der Waals surface area contributed by atoms with Crippen molar-refractivity contribution in [2.45, 2.75) is 31.8 Å². The molecule has 1 saturated heterocycles. The monoisotopic (exact) mass is 240 g/mol. The van der Waals surface area contributed by atoms with Gasteiger partial charge in [0.2, 0.25) is 0 Å². The van der Waals surface area contributed by atoms with E-state index in [4.69, 9.17) is 0 Å². The van der Waals surface area contributed by atoms with E-state index in [1.165, 1.54) is 24.3 Å². The van der Waals surface area contributed by atoms with Gasteiger partial charge in [0, 0.05) is 25.9 Å². The second kappa shape index (κ2) is 5.73. The van der Waals surface area contributed by atoms with Crippen molar-refractivity contribution >= 4 is 11.8 Å². The van der Waals surface area contributed by atoms with E-state index in [0.29, 0.717) is 6.42 Å². The first kappa shape index (κ1) is 12.0. The minimum absolute atomic E-state index is 0.228. The molecule has 2 heterocycles. The molecule has 90 valence electrons. The van der Waals surface area contributed by atoms with Crippen LogP contribution in [0.2, 0.25) is 0 Å². The third kappa shape index (κ3) is 3.25. The predicted octanol–water partition coefficient (Wildman–Crippen LogP) is 1.86. The van der Waals surface area contributed by atoms with Gasteiger partial charge >= 0.3 is 0 Å². The van der Waals surface area contributed by atoms with Crippen LogP contribution in [0, 0.1) is 5.92 Å². The standard InChI is InChI=1S/C12H20N2OS/c1-14-5-4-13-12(14)9-11(15)8-10-2-6-16-7-3-10/h4-5,10-11,15H,2-3,6-9H2,1H3. The van der Waals surface area contributed by atoms with Gasteiger partial charge in [-0.2, -0.15) is 11.8 Å². The Morgan fingerprint density at radius 3 is 2.94 bits per heavy atom. The molecule has 1 atom stereocenters. The van der Waals surface area contributed by atoms with E-state index in [2.05, 4.69) is 4.98 Å². The van der Waals surface area contributed by atoms with Gasteiger partial charge in [-0.3, -0.25) is 0 Å². The zero-order chi connectivity index (χ0) is 11.4. The zero-order valence-electron chi connectivity index (χ0n) is 9.80. The van der Waals surface area contributed by atoms with E-state index < -0.39 is 0 Å². The maximum absolute atomic E-state index is 10.0. The number of rotatable bonds is 4. The number of aryl methyl sites for hydroxylation is 1. The highest BCUT2D eigenvalue weighted by molar-refractivity contribution is 7.99. The first-order valence-electron chi connectivity index (χ1n) is 5.97. The lowest BCUT2D eigenvalue weighted by molar-refractivity contribution is 0.136. The van der Waals surface area contributed by atoms with Crippen molar-refractivity contribution in [1.29, 1.82) is 0 Å². The van der Waals surface area contributed by atoms with Gasteiger partial charge in [-0.05, 0) is 36.7 Å². The average Bonchev–Trinajstić information content (AvgIpc) is 2.66. The normalized spacial score (nSPS) is 19.9. The second-order valence-corrected chi connectivity index (χ2v) is 5.83. The molecule has 3 nitrogen and oxygen atoms in total. The van der Waals surface area contributed by atoms with Gasteiger partial charge in [0.15, 0.2) is 0 Å². The minimum Gasteiger partial charge on any atom is -0.393 e. The molecular formula is C12H20N2OS. The van der Waals surface area contributed by atoms with Crippen molar-refractivity contribution < 1.29 is 5.11 Å². The van der Waals surface area contributed by atoms with Crippen LogP contribution in [0.4, 0.5) is 0 Å². The first-order chi connectivity index (χ1) is 7.75. The summed E-state index contributed by atoms with van der Waals surface area (Å²) in [5.41, 5.74) is 0. The zero-order valence-corrected chi connectivity index (χ0v) is 10.6. The molecule has 0 amide bonds. The average molecular weight is 240 g/mol. The van der Waals surface area contributed by atoms with Gasteiger partial charge in [0.05, 0.1) is 6.10 Å². The number of hydrogen-bond donors (Lipinski definition) is 1. The van der Waals surface area contributed by atoms with Crippen LogP contribution in [-0.2, 0) is 13.5 Å². The molecule has 1 aromatic heterocycles. The lowest BCUT2D eigenvalue weighted by atomic mass is 9.94. The fourth-order valence-corrected chi connectivity index (χ4v) is 3.46. The third-order valence-electron chi connectivity index (χ3n) is 3.29. The number of aliphatic hydroxyl groups is 1. The Morgan fingerprint density at radius 2 is 2.31 bits per heavy atom. The van der Waals surface area contributed by atoms with E-state index in [1.54, 1.807) is 6.20 Å². The summed E-state index contributed by atoms with van der Waals surface area (Å²) in [6.45, 7) is 0. The van der Waals surface area contributed by atoms with Crippen molar-refractivity contribution in [1.82, 2.24) is 9.55 Å². The van der Waals surface area contributed by atoms with Crippen LogP contribution in [0.5, 0.6) is 0 Å². The molecule has 1 aromatic rings. The molecule has 1 fully saturated rings. The van der Waals surface area contributed by atoms with Crippen LogP contribution >= 0.6 is 11.8 Å². The van der Waals surface area contributed by atoms with Crippen LogP contribution in [0.3, 0.4) is 0 Å². The molecule has 0 radical (unpaired) electrons. The lowest BCUT2D eigenvalue weighted by Gasteiger charge is -2.23. The first-order valence-corrected chi connectivity index (χ1v) is 7.13. The molecular weight excluding hydrogens is 220 g/mol. The Labute approximate surface area is 101 Å². The minimum atomic E-state index is -0.228. The van der Waals surface area contributed by atoms with Gasteiger partial charge < -0.3 is 9.67 Å². The molecule has 1 N–H and O–H groups in total. The third-order valence-corrected chi connectivity index (χ3v) is 4.33. The summed E-state index contributed by atoms with van der Waals surface area (Å²) in [6, 6.07) is 0. The fraction of sp³-hybridized carbons (Fsp3) is 0.750. The molecule has 1 aliphatic heterocycles. The summed E-state index contributed by atoms with van der Waals surface area (Å²) in [5.74, 6) is 4.23. The Bertz CT molecular complexity index is 321. The Hall–Kier alpha value is -0.480.